The first kappa shape index (κ1) is 16.5. The van der Waals surface area contributed by atoms with Gasteiger partial charge in [-0.2, -0.15) is 0 Å². The zero-order chi connectivity index (χ0) is 15.4. The molecule has 1 aromatic carbocycles. The van der Waals surface area contributed by atoms with Crippen molar-refractivity contribution in [2.45, 2.75) is 44.4 Å². The Labute approximate surface area is 120 Å². The van der Waals surface area contributed by atoms with Crippen LogP contribution in [0.2, 0.25) is 0 Å². The summed E-state index contributed by atoms with van der Waals surface area (Å²) in [4.78, 5) is 11.5. The van der Waals surface area contributed by atoms with Gasteiger partial charge < -0.3 is 5.32 Å². The molecule has 2 N–H and O–H groups in total. The molecule has 20 heavy (non-hydrogen) atoms. The van der Waals surface area contributed by atoms with E-state index in [1.54, 1.807) is 12.1 Å². The highest BCUT2D eigenvalue weighted by Gasteiger charge is 2.19. The van der Waals surface area contributed by atoms with Crippen molar-refractivity contribution >= 4 is 16.1 Å². The Morgan fingerprint density at radius 1 is 1.15 bits per heavy atom. The molecule has 1 rings (SSSR count). The highest BCUT2D eigenvalue weighted by molar-refractivity contribution is 7.90. The summed E-state index contributed by atoms with van der Waals surface area (Å²) >= 11 is 0. The standard InChI is InChI=1S/C14H22N2O3S/c1-5-10-15-13(17)16-20(18,19)12-8-6-11(7-9-12)14(2,3)4/h6-9H,5,10H2,1-4H3,(H2,15,16,17). The zero-order valence-electron chi connectivity index (χ0n) is 12.4. The molecule has 0 fully saturated rings. The van der Waals surface area contributed by atoms with Crippen molar-refractivity contribution < 1.29 is 13.2 Å². The number of hydrogen-bond donors (Lipinski definition) is 2. The van der Waals surface area contributed by atoms with Gasteiger partial charge in [0.15, 0.2) is 0 Å². The fourth-order valence-corrected chi connectivity index (χ4v) is 2.52. The summed E-state index contributed by atoms with van der Waals surface area (Å²) in [5, 5.41) is 2.46. The molecular formula is C14H22N2O3S. The number of rotatable bonds is 4. The number of carbonyl (C=O) groups excluding carboxylic acids is 1. The van der Waals surface area contributed by atoms with Gasteiger partial charge in [-0.15, -0.1) is 0 Å². The highest BCUT2D eigenvalue weighted by atomic mass is 32.2. The van der Waals surface area contributed by atoms with Crippen LogP contribution in [0.3, 0.4) is 0 Å². The largest absolute Gasteiger partial charge is 0.337 e. The SMILES string of the molecule is CCCNC(=O)NS(=O)(=O)c1ccc(C(C)(C)C)cc1. The Kier molecular flexibility index (Phi) is 5.16. The molecule has 0 aliphatic rings. The summed E-state index contributed by atoms with van der Waals surface area (Å²) in [6.45, 7) is 8.47. The molecule has 0 bridgehead atoms. The molecule has 0 saturated heterocycles. The summed E-state index contributed by atoms with van der Waals surface area (Å²) in [5.41, 5.74) is 0.987. The second kappa shape index (κ2) is 6.26. The number of amides is 2. The van der Waals surface area contributed by atoms with E-state index in [9.17, 15) is 13.2 Å². The summed E-state index contributed by atoms with van der Waals surface area (Å²) in [6, 6.07) is 5.84. The summed E-state index contributed by atoms with van der Waals surface area (Å²) in [5.74, 6) is 0. The van der Waals surface area contributed by atoms with Gasteiger partial charge in [-0.1, -0.05) is 39.8 Å². The van der Waals surface area contributed by atoms with Crippen LogP contribution < -0.4 is 10.0 Å². The molecule has 1 aromatic rings. The maximum Gasteiger partial charge on any atom is 0.328 e. The number of sulfonamides is 1. The van der Waals surface area contributed by atoms with Gasteiger partial charge in [0, 0.05) is 6.54 Å². The lowest BCUT2D eigenvalue weighted by molar-refractivity contribution is 0.246. The minimum absolute atomic E-state index is 0.0474. The van der Waals surface area contributed by atoms with Crippen molar-refractivity contribution in [2.75, 3.05) is 6.54 Å². The summed E-state index contributed by atoms with van der Waals surface area (Å²) in [6.07, 6.45) is 0.744. The number of hydrogen-bond acceptors (Lipinski definition) is 3. The predicted molar refractivity (Wildman–Crippen MR) is 79.2 cm³/mol. The van der Waals surface area contributed by atoms with Gasteiger partial charge in [0.05, 0.1) is 4.90 Å². The van der Waals surface area contributed by atoms with Gasteiger partial charge in [0.25, 0.3) is 10.0 Å². The van der Waals surface area contributed by atoms with E-state index in [1.807, 2.05) is 32.4 Å². The molecule has 0 atom stereocenters. The van der Waals surface area contributed by atoms with Gasteiger partial charge in [-0.25, -0.2) is 17.9 Å². The fraction of sp³-hybridized carbons (Fsp3) is 0.500. The first-order valence-electron chi connectivity index (χ1n) is 6.58. The molecular weight excluding hydrogens is 276 g/mol. The van der Waals surface area contributed by atoms with Gasteiger partial charge >= 0.3 is 6.03 Å². The van der Waals surface area contributed by atoms with Gasteiger partial charge in [-0.05, 0) is 29.5 Å². The van der Waals surface area contributed by atoms with Crippen LogP contribution in [0.15, 0.2) is 29.2 Å². The van der Waals surface area contributed by atoms with Crippen molar-refractivity contribution in [3.05, 3.63) is 29.8 Å². The third-order valence-electron chi connectivity index (χ3n) is 2.79. The lowest BCUT2D eigenvalue weighted by Gasteiger charge is -2.19. The summed E-state index contributed by atoms with van der Waals surface area (Å²) < 4.78 is 26.0. The van der Waals surface area contributed by atoms with Crippen molar-refractivity contribution in [3.8, 4) is 0 Å². The minimum Gasteiger partial charge on any atom is -0.337 e. The Bertz CT molecular complexity index is 557. The zero-order valence-corrected chi connectivity index (χ0v) is 13.2. The molecule has 0 spiro atoms. The van der Waals surface area contributed by atoms with Crippen LogP contribution in [0.1, 0.15) is 39.7 Å². The van der Waals surface area contributed by atoms with E-state index in [-0.39, 0.29) is 10.3 Å². The minimum atomic E-state index is -3.81. The molecule has 0 saturated carbocycles. The second-order valence-corrected chi connectivity index (χ2v) is 7.32. The van der Waals surface area contributed by atoms with E-state index in [4.69, 9.17) is 0 Å². The number of nitrogens with one attached hydrogen (secondary N) is 2. The van der Waals surface area contributed by atoms with E-state index in [2.05, 4.69) is 5.32 Å². The highest BCUT2D eigenvalue weighted by Crippen LogP contribution is 2.23. The molecule has 5 nitrogen and oxygen atoms in total. The monoisotopic (exact) mass is 298 g/mol. The molecule has 0 aliphatic heterocycles. The number of carbonyl (C=O) groups is 1. The van der Waals surface area contributed by atoms with Crippen LogP contribution in [-0.4, -0.2) is 21.0 Å². The van der Waals surface area contributed by atoms with Crippen molar-refractivity contribution in [1.82, 2.24) is 10.0 Å². The summed E-state index contributed by atoms with van der Waals surface area (Å²) in [7, 11) is -3.81. The molecule has 0 radical (unpaired) electrons. The average Bonchev–Trinajstić information content (AvgIpc) is 2.35. The van der Waals surface area contributed by atoms with Crippen LogP contribution in [0, 0.1) is 0 Å². The van der Waals surface area contributed by atoms with E-state index < -0.39 is 16.1 Å². The van der Waals surface area contributed by atoms with Gasteiger partial charge in [0.1, 0.15) is 0 Å². The predicted octanol–water partition coefficient (Wildman–Crippen LogP) is 2.38. The Morgan fingerprint density at radius 3 is 2.15 bits per heavy atom. The van der Waals surface area contributed by atoms with E-state index in [0.717, 1.165) is 12.0 Å². The van der Waals surface area contributed by atoms with Crippen LogP contribution in [0.4, 0.5) is 4.79 Å². The molecule has 0 unspecified atom stereocenters. The maximum atomic E-state index is 12.0. The van der Waals surface area contributed by atoms with Crippen molar-refractivity contribution in [1.29, 1.82) is 0 Å². The van der Waals surface area contributed by atoms with E-state index in [1.165, 1.54) is 12.1 Å². The van der Waals surface area contributed by atoms with Crippen molar-refractivity contribution in [3.63, 3.8) is 0 Å². The normalized spacial score (nSPS) is 12.0. The van der Waals surface area contributed by atoms with Crippen LogP contribution in [0.5, 0.6) is 0 Å². The molecule has 2 amide bonds. The molecule has 0 heterocycles. The first-order valence-corrected chi connectivity index (χ1v) is 8.06. The Balaban J connectivity index is 2.86. The smallest absolute Gasteiger partial charge is 0.328 e. The number of benzene rings is 1. The topological polar surface area (TPSA) is 75.3 Å². The van der Waals surface area contributed by atoms with Gasteiger partial charge in [-0.3, -0.25) is 0 Å². The molecule has 0 aromatic heterocycles. The maximum absolute atomic E-state index is 12.0. The van der Waals surface area contributed by atoms with Crippen LogP contribution in [-0.2, 0) is 15.4 Å². The Morgan fingerprint density at radius 2 is 1.70 bits per heavy atom. The number of urea groups is 1. The second-order valence-electron chi connectivity index (χ2n) is 5.64. The van der Waals surface area contributed by atoms with E-state index in [0.29, 0.717) is 6.54 Å². The molecule has 6 heteroatoms. The van der Waals surface area contributed by atoms with Crippen molar-refractivity contribution in [2.24, 2.45) is 0 Å². The third-order valence-corrected chi connectivity index (χ3v) is 4.14. The average molecular weight is 298 g/mol. The van der Waals surface area contributed by atoms with Crippen LogP contribution >= 0.6 is 0 Å². The molecule has 112 valence electrons. The fourth-order valence-electron chi connectivity index (χ4n) is 1.59. The Hall–Kier alpha value is -1.56. The lowest BCUT2D eigenvalue weighted by atomic mass is 9.87. The molecule has 0 aliphatic carbocycles. The van der Waals surface area contributed by atoms with E-state index >= 15 is 0 Å². The van der Waals surface area contributed by atoms with Gasteiger partial charge in [0.2, 0.25) is 0 Å². The first-order chi connectivity index (χ1) is 9.16. The quantitative estimate of drug-likeness (QED) is 0.896. The lowest BCUT2D eigenvalue weighted by Crippen LogP contribution is -2.39. The third kappa shape index (κ3) is 4.52. The van der Waals surface area contributed by atoms with Crippen LogP contribution in [0.25, 0.3) is 0 Å².